The molecule has 0 unspecified atom stereocenters. The Hall–Kier alpha value is -4.42. The summed E-state index contributed by atoms with van der Waals surface area (Å²) in [5, 5.41) is 30.1. The average Bonchev–Trinajstić information content (AvgIpc) is 3.20. The second-order valence-electron chi connectivity index (χ2n) is 11.7. The summed E-state index contributed by atoms with van der Waals surface area (Å²) in [6.07, 6.45) is 0. The van der Waals surface area contributed by atoms with Crippen molar-refractivity contribution in [2.45, 2.75) is 9.79 Å². The molecule has 6 aromatic rings. The first-order valence-corrected chi connectivity index (χ1v) is 20.6. The summed E-state index contributed by atoms with van der Waals surface area (Å²) in [6.45, 7) is -0.415. The molecule has 0 spiro atoms. The van der Waals surface area contributed by atoms with E-state index in [4.69, 9.17) is 32.7 Å². The van der Waals surface area contributed by atoms with Gasteiger partial charge in [-0.1, -0.05) is 59.3 Å². The van der Waals surface area contributed by atoms with Crippen LogP contribution in [0.25, 0.3) is 0 Å². The van der Waals surface area contributed by atoms with Crippen molar-refractivity contribution in [3.8, 4) is 35.4 Å². The smallest absolute Gasteiger partial charge is 0.744 e. The number of halogens is 2. The average molecular weight is 942 g/mol. The number of aliphatic hydroxyl groups is 2. The van der Waals surface area contributed by atoms with Crippen LogP contribution in [0.3, 0.4) is 0 Å². The van der Waals surface area contributed by atoms with Gasteiger partial charge in [-0.05, 0) is 60.7 Å². The van der Waals surface area contributed by atoms with E-state index in [2.05, 4.69) is 63.0 Å². The van der Waals surface area contributed by atoms with Crippen LogP contribution in [0.1, 0.15) is 11.1 Å². The third-order valence-electron chi connectivity index (χ3n) is 7.44. The van der Waals surface area contributed by atoms with E-state index in [9.17, 15) is 36.2 Å². The quantitative estimate of drug-likeness (QED) is 0.0364. The number of nitrogens with one attached hydrogen (secondary N) is 4. The largest absolute Gasteiger partial charge is 1.00 e. The van der Waals surface area contributed by atoms with Crippen molar-refractivity contribution in [1.82, 2.24) is 29.9 Å². The van der Waals surface area contributed by atoms with E-state index < -0.39 is 30.0 Å². The molecule has 26 heteroatoms. The molecule has 0 amide bonds. The zero-order chi connectivity index (χ0) is 42.9. The van der Waals surface area contributed by atoms with E-state index in [1.165, 1.54) is 24.3 Å². The van der Waals surface area contributed by atoms with E-state index in [1.807, 2.05) is 0 Å². The predicted molar refractivity (Wildman–Crippen MR) is 215 cm³/mol. The molecule has 0 aliphatic rings. The van der Waals surface area contributed by atoms with Gasteiger partial charge >= 0.3 is 71.1 Å². The maximum Gasteiger partial charge on any atom is 1.00 e. The van der Waals surface area contributed by atoms with Gasteiger partial charge in [0.2, 0.25) is 23.8 Å². The van der Waals surface area contributed by atoms with E-state index >= 15 is 0 Å². The molecule has 0 aliphatic heterocycles. The van der Waals surface area contributed by atoms with Crippen molar-refractivity contribution >= 4 is 78.6 Å². The minimum absolute atomic E-state index is 0. The third-order valence-corrected chi connectivity index (χ3v) is 9.82. The predicted octanol–water partition coefficient (Wildman–Crippen LogP) is -1.54. The van der Waals surface area contributed by atoms with Crippen LogP contribution in [0.15, 0.2) is 94.7 Å². The minimum atomic E-state index is -5.21. The van der Waals surface area contributed by atoms with Gasteiger partial charge < -0.3 is 50.1 Å². The first-order chi connectivity index (χ1) is 28.7. The van der Waals surface area contributed by atoms with Crippen molar-refractivity contribution in [3.05, 3.63) is 106 Å². The van der Waals surface area contributed by atoms with Crippen LogP contribution in [-0.4, -0.2) is 92.4 Å². The first-order valence-electron chi connectivity index (χ1n) is 17.0. The van der Waals surface area contributed by atoms with Crippen molar-refractivity contribution in [1.29, 1.82) is 0 Å². The number of aliphatic hydroxyl groups excluding tert-OH is 2. The molecule has 0 radical (unpaired) electrons. The van der Waals surface area contributed by atoms with Gasteiger partial charge in [0.1, 0.15) is 31.7 Å². The first kappa shape index (κ1) is 50.2. The molecule has 2 heterocycles. The number of anilines is 6. The Morgan fingerprint density at radius 1 is 0.565 bits per heavy atom. The van der Waals surface area contributed by atoms with Crippen LogP contribution in [0.2, 0.25) is 10.0 Å². The van der Waals surface area contributed by atoms with E-state index in [1.54, 1.807) is 48.5 Å². The minimum Gasteiger partial charge on any atom is -0.744 e. The molecule has 0 aliphatic carbocycles. The normalized spacial score (nSPS) is 10.9. The molecular weight excluding hydrogens is 913 g/mol. The topological polar surface area (TPSA) is 299 Å². The van der Waals surface area contributed by atoms with Crippen LogP contribution in [0, 0.1) is 11.8 Å². The summed E-state index contributed by atoms with van der Waals surface area (Å²) < 4.78 is 86.0. The van der Waals surface area contributed by atoms with Gasteiger partial charge in [-0.15, -0.1) is 0 Å². The Kier molecular flexibility index (Phi) is 18.5. The standard InChI is InChI=1S/C36H30Cl2N10O10S2.2Na/c37-25-5-1-3-7-27(25)57-35-45-31(39-15-17-49)43-33(47-35)41-23-13-11-21(29(19-23)59(51,52)53)9-10-22-12-14-24(20-30(22)60(54,55)56)42-34-44-32(40-16-18-50)46-36(48-34)58-28-8-4-2-6-26(28)38;;/h1-8,11-14,19-20,49-50H,15-18H2,(H,51,52,53)(H,54,55,56)(H2,39,41,43,45,47)(H2,40,42,44,46,48);;/q;2*+1/p-2. The van der Waals surface area contributed by atoms with E-state index in [0.717, 1.165) is 12.1 Å². The number of hydrogen-bond donors (Lipinski definition) is 6. The Morgan fingerprint density at radius 2 is 0.935 bits per heavy atom. The van der Waals surface area contributed by atoms with Gasteiger partial charge in [-0.25, -0.2) is 16.8 Å². The molecule has 0 bridgehead atoms. The van der Waals surface area contributed by atoms with Gasteiger partial charge in [0, 0.05) is 35.6 Å². The Morgan fingerprint density at radius 3 is 1.29 bits per heavy atom. The molecule has 0 atom stereocenters. The van der Waals surface area contributed by atoms with Crippen LogP contribution in [0.5, 0.6) is 23.5 Å². The summed E-state index contributed by atoms with van der Waals surface area (Å²) in [5.41, 5.74) is -0.668. The number of para-hydroxylation sites is 2. The van der Waals surface area contributed by atoms with Crippen molar-refractivity contribution in [3.63, 3.8) is 0 Å². The van der Waals surface area contributed by atoms with E-state index in [0.29, 0.717) is 0 Å². The van der Waals surface area contributed by atoms with Gasteiger partial charge in [0.05, 0.1) is 33.0 Å². The molecule has 6 N–H and O–H groups in total. The van der Waals surface area contributed by atoms with E-state index in [-0.39, 0.29) is 165 Å². The monoisotopic (exact) mass is 940 g/mol. The molecule has 0 saturated carbocycles. The third kappa shape index (κ3) is 14.0. The zero-order valence-corrected chi connectivity index (χ0v) is 39.5. The molecular formula is C36H28Cl2N10Na2O10S2. The van der Waals surface area contributed by atoms with Crippen molar-refractivity contribution < 1.29 is 105 Å². The maximum absolute atomic E-state index is 12.4. The SMILES string of the molecule is O=S(=O)([O-])c1cc(Nc2nc(NCCO)nc(Oc3ccccc3Cl)n2)ccc1C#Cc1ccc(Nc2nc(NCCO)nc(Oc3ccccc3Cl)n2)cc1S(=O)(=O)[O-].[Na+].[Na+]. The van der Waals surface area contributed by atoms with Crippen molar-refractivity contribution in [2.24, 2.45) is 0 Å². The summed E-state index contributed by atoms with van der Waals surface area (Å²) >= 11 is 12.4. The fraction of sp³-hybridized carbons (Fsp3) is 0.111. The van der Waals surface area contributed by atoms with Crippen molar-refractivity contribution in [2.75, 3.05) is 47.6 Å². The number of rotatable bonds is 16. The summed E-state index contributed by atoms with van der Waals surface area (Å²) in [7, 11) is -10.4. The Labute approximate surface area is 408 Å². The zero-order valence-electron chi connectivity index (χ0n) is 32.3. The molecule has 0 saturated heterocycles. The Balaban J connectivity index is 0.00000422. The van der Waals surface area contributed by atoms with Gasteiger partial charge in [-0.2, -0.15) is 29.9 Å². The van der Waals surface area contributed by atoms with Gasteiger partial charge in [-0.3, -0.25) is 0 Å². The molecule has 20 nitrogen and oxygen atoms in total. The fourth-order valence-corrected chi connectivity index (χ4v) is 6.54. The molecule has 0 fully saturated rings. The maximum atomic E-state index is 12.4. The summed E-state index contributed by atoms with van der Waals surface area (Å²) in [5.74, 6) is 4.96. The number of nitrogens with zero attached hydrogens (tertiary/aromatic N) is 6. The molecule has 310 valence electrons. The second kappa shape index (κ2) is 22.8. The Bertz CT molecular complexity index is 2660. The van der Waals surface area contributed by atoms with Gasteiger partial charge in [0.25, 0.3) is 0 Å². The van der Waals surface area contributed by atoms with Crippen LogP contribution < -0.4 is 89.9 Å². The number of benzene rings is 4. The fourth-order valence-electron chi connectivity index (χ4n) is 4.87. The number of ether oxygens (including phenoxy) is 2. The number of hydrogen-bond acceptors (Lipinski definition) is 20. The molecule has 62 heavy (non-hydrogen) atoms. The second-order valence-corrected chi connectivity index (χ2v) is 15.2. The summed E-state index contributed by atoms with van der Waals surface area (Å²) in [6, 6.07) is 19.4. The number of aromatic nitrogens is 6. The molecule has 4 aromatic carbocycles. The van der Waals surface area contributed by atoms with Crippen LogP contribution >= 0.6 is 23.2 Å². The molecule has 6 rings (SSSR count). The van der Waals surface area contributed by atoms with Gasteiger partial charge in [0.15, 0.2) is 0 Å². The van der Waals surface area contributed by atoms with Crippen LogP contribution in [-0.2, 0) is 20.2 Å². The molecule has 2 aromatic heterocycles. The summed E-state index contributed by atoms with van der Waals surface area (Å²) in [4.78, 5) is 23.3. The van der Waals surface area contributed by atoms with Crippen LogP contribution in [0.4, 0.5) is 35.2 Å².